The summed E-state index contributed by atoms with van der Waals surface area (Å²) in [6.07, 6.45) is 0. The first-order valence-electron chi connectivity index (χ1n) is 5.68. The van der Waals surface area contributed by atoms with Crippen LogP contribution in [0.15, 0.2) is 18.2 Å². The number of hydrogen-bond acceptors (Lipinski definition) is 3. The maximum atomic E-state index is 5.99. The number of nitrogens with zero attached hydrogens (tertiary/aromatic N) is 1. The Kier molecular flexibility index (Phi) is 4.97. The van der Waals surface area contributed by atoms with Gasteiger partial charge in [-0.2, -0.15) is 11.8 Å². The van der Waals surface area contributed by atoms with Gasteiger partial charge < -0.3 is 15.0 Å². The first-order chi connectivity index (χ1) is 8.70. The molecule has 1 fully saturated rings. The summed E-state index contributed by atoms with van der Waals surface area (Å²) >= 11 is 13.4. The van der Waals surface area contributed by atoms with E-state index in [-0.39, 0.29) is 0 Å². The van der Waals surface area contributed by atoms with E-state index in [9.17, 15) is 0 Å². The molecule has 1 aliphatic rings. The maximum Gasteiger partial charge on any atom is 0.173 e. The monoisotopic (exact) mass is 302 g/mol. The first kappa shape index (κ1) is 13.8. The maximum absolute atomic E-state index is 5.99. The number of halogens is 1. The molecule has 1 aromatic carbocycles. The lowest BCUT2D eigenvalue weighted by Gasteiger charge is -2.29. The van der Waals surface area contributed by atoms with Crippen LogP contribution in [-0.2, 0) is 0 Å². The third-order valence-corrected chi connectivity index (χ3v) is 4.24. The van der Waals surface area contributed by atoms with Crippen molar-refractivity contribution >= 4 is 46.4 Å². The van der Waals surface area contributed by atoms with E-state index in [4.69, 9.17) is 28.6 Å². The predicted molar refractivity (Wildman–Crippen MR) is 83.1 cm³/mol. The van der Waals surface area contributed by atoms with Crippen LogP contribution in [0.2, 0.25) is 5.02 Å². The molecule has 0 bridgehead atoms. The number of rotatable bonds is 2. The Labute approximate surface area is 122 Å². The number of anilines is 1. The summed E-state index contributed by atoms with van der Waals surface area (Å²) in [4.78, 5) is 2.17. The normalized spacial score (nSPS) is 15.3. The second kappa shape index (κ2) is 6.50. The summed E-state index contributed by atoms with van der Waals surface area (Å²) in [5, 5.41) is 4.61. The number of thiocarbonyl (C=S) groups is 1. The fourth-order valence-corrected chi connectivity index (χ4v) is 3.11. The number of ether oxygens (including phenoxy) is 1. The van der Waals surface area contributed by atoms with Crippen molar-refractivity contribution in [2.45, 2.75) is 0 Å². The Hall–Kier alpha value is -0.650. The van der Waals surface area contributed by atoms with Gasteiger partial charge in [0.25, 0.3) is 0 Å². The molecule has 0 amide bonds. The SMILES string of the molecule is COc1ccc(Cl)cc1NC(=S)N1CCSCC1. The molecule has 6 heteroatoms. The lowest BCUT2D eigenvalue weighted by molar-refractivity contribution is 0.416. The Morgan fingerprint density at radius 1 is 1.44 bits per heavy atom. The van der Waals surface area contributed by atoms with Crippen molar-refractivity contribution in [3.8, 4) is 5.75 Å². The van der Waals surface area contributed by atoms with Crippen molar-refractivity contribution in [3.05, 3.63) is 23.2 Å². The van der Waals surface area contributed by atoms with Crippen LogP contribution in [0.5, 0.6) is 5.75 Å². The minimum absolute atomic E-state index is 0.662. The molecular formula is C12H15ClN2OS2. The molecule has 18 heavy (non-hydrogen) atoms. The van der Waals surface area contributed by atoms with Crippen molar-refractivity contribution in [2.24, 2.45) is 0 Å². The van der Waals surface area contributed by atoms with Crippen LogP contribution < -0.4 is 10.1 Å². The lowest BCUT2D eigenvalue weighted by Crippen LogP contribution is -2.40. The molecule has 1 aromatic rings. The third kappa shape index (κ3) is 3.43. The molecule has 1 saturated heterocycles. The highest BCUT2D eigenvalue weighted by molar-refractivity contribution is 7.99. The minimum atomic E-state index is 0.662. The molecule has 2 rings (SSSR count). The average Bonchev–Trinajstić information content (AvgIpc) is 2.40. The fourth-order valence-electron chi connectivity index (χ4n) is 1.74. The second-order valence-electron chi connectivity index (χ2n) is 3.87. The molecule has 0 aliphatic carbocycles. The Morgan fingerprint density at radius 2 is 2.17 bits per heavy atom. The van der Waals surface area contributed by atoms with E-state index in [1.807, 2.05) is 23.9 Å². The highest BCUT2D eigenvalue weighted by atomic mass is 35.5. The first-order valence-corrected chi connectivity index (χ1v) is 7.62. The van der Waals surface area contributed by atoms with Crippen molar-refractivity contribution < 1.29 is 4.74 Å². The van der Waals surface area contributed by atoms with E-state index in [2.05, 4.69) is 10.2 Å². The van der Waals surface area contributed by atoms with Crippen molar-refractivity contribution in [1.29, 1.82) is 0 Å². The van der Waals surface area contributed by atoms with E-state index in [0.717, 1.165) is 41.1 Å². The van der Waals surface area contributed by atoms with Crippen molar-refractivity contribution in [1.82, 2.24) is 4.90 Å². The molecule has 0 radical (unpaired) electrons. The molecule has 98 valence electrons. The largest absolute Gasteiger partial charge is 0.495 e. The molecule has 1 heterocycles. The molecule has 3 nitrogen and oxygen atoms in total. The molecule has 0 atom stereocenters. The quantitative estimate of drug-likeness (QED) is 0.846. The topological polar surface area (TPSA) is 24.5 Å². The fraction of sp³-hybridized carbons (Fsp3) is 0.417. The second-order valence-corrected chi connectivity index (χ2v) is 5.92. The molecule has 0 unspecified atom stereocenters. The van der Waals surface area contributed by atoms with Gasteiger partial charge in [0, 0.05) is 29.6 Å². The third-order valence-electron chi connectivity index (χ3n) is 2.70. The number of nitrogens with one attached hydrogen (secondary N) is 1. The van der Waals surface area contributed by atoms with Gasteiger partial charge >= 0.3 is 0 Å². The van der Waals surface area contributed by atoms with Crippen LogP contribution in [-0.4, -0.2) is 41.7 Å². The number of thioether (sulfide) groups is 1. The van der Waals surface area contributed by atoms with Crippen molar-refractivity contribution in [2.75, 3.05) is 37.0 Å². The van der Waals surface area contributed by atoms with E-state index in [1.54, 1.807) is 13.2 Å². The molecular weight excluding hydrogens is 288 g/mol. The van der Waals surface area contributed by atoms with E-state index >= 15 is 0 Å². The highest BCUT2D eigenvalue weighted by Gasteiger charge is 2.15. The van der Waals surface area contributed by atoms with Crippen LogP contribution in [0.4, 0.5) is 5.69 Å². The van der Waals surface area contributed by atoms with E-state index in [1.165, 1.54) is 0 Å². The Morgan fingerprint density at radius 3 is 2.83 bits per heavy atom. The van der Waals surface area contributed by atoms with Gasteiger partial charge in [-0.15, -0.1) is 0 Å². The minimum Gasteiger partial charge on any atom is -0.495 e. The molecule has 1 N–H and O–H groups in total. The molecule has 0 spiro atoms. The van der Waals surface area contributed by atoms with Crippen LogP contribution in [0, 0.1) is 0 Å². The highest BCUT2D eigenvalue weighted by Crippen LogP contribution is 2.28. The number of methoxy groups -OCH3 is 1. The van der Waals surface area contributed by atoms with Gasteiger partial charge in [0.1, 0.15) is 5.75 Å². The Balaban J connectivity index is 2.07. The van der Waals surface area contributed by atoms with Gasteiger partial charge in [0.05, 0.1) is 12.8 Å². The summed E-state index contributed by atoms with van der Waals surface area (Å²) in [5.74, 6) is 2.98. The van der Waals surface area contributed by atoms with Gasteiger partial charge in [-0.1, -0.05) is 11.6 Å². The van der Waals surface area contributed by atoms with Crippen LogP contribution >= 0.6 is 35.6 Å². The summed E-state index contributed by atoms with van der Waals surface area (Å²) in [6, 6.07) is 5.46. The zero-order chi connectivity index (χ0) is 13.0. The summed E-state index contributed by atoms with van der Waals surface area (Å²) in [5.41, 5.74) is 0.813. The van der Waals surface area contributed by atoms with Gasteiger partial charge in [-0.05, 0) is 30.4 Å². The lowest BCUT2D eigenvalue weighted by atomic mass is 10.3. The summed E-state index contributed by atoms with van der Waals surface area (Å²) in [6.45, 7) is 1.97. The average molecular weight is 303 g/mol. The number of benzene rings is 1. The predicted octanol–water partition coefficient (Wildman–Crippen LogP) is 3.09. The van der Waals surface area contributed by atoms with Crippen LogP contribution in [0.25, 0.3) is 0 Å². The van der Waals surface area contributed by atoms with Gasteiger partial charge in [0.15, 0.2) is 5.11 Å². The molecule has 1 aliphatic heterocycles. The standard InChI is InChI=1S/C12H15ClN2OS2/c1-16-11-3-2-9(13)8-10(11)14-12(17)15-4-6-18-7-5-15/h2-3,8H,4-7H2,1H3,(H,14,17). The van der Waals surface area contributed by atoms with Gasteiger partial charge in [-0.25, -0.2) is 0 Å². The van der Waals surface area contributed by atoms with E-state index in [0.29, 0.717) is 5.02 Å². The zero-order valence-electron chi connectivity index (χ0n) is 10.1. The van der Waals surface area contributed by atoms with E-state index < -0.39 is 0 Å². The van der Waals surface area contributed by atoms with Crippen LogP contribution in [0.1, 0.15) is 0 Å². The van der Waals surface area contributed by atoms with Gasteiger partial charge in [-0.3, -0.25) is 0 Å². The Bertz CT molecular complexity index is 436. The van der Waals surface area contributed by atoms with Gasteiger partial charge in [0.2, 0.25) is 0 Å². The molecule has 0 saturated carbocycles. The summed E-state index contributed by atoms with van der Waals surface area (Å²) in [7, 11) is 1.63. The number of hydrogen-bond donors (Lipinski definition) is 1. The van der Waals surface area contributed by atoms with Crippen molar-refractivity contribution in [3.63, 3.8) is 0 Å². The smallest absolute Gasteiger partial charge is 0.173 e. The summed E-state index contributed by atoms with van der Waals surface area (Å²) < 4.78 is 5.29. The molecule has 0 aromatic heterocycles. The van der Waals surface area contributed by atoms with Crippen LogP contribution in [0.3, 0.4) is 0 Å². The zero-order valence-corrected chi connectivity index (χ0v) is 12.5.